The molecule has 3 N–H and O–H groups in total. The van der Waals surface area contributed by atoms with E-state index in [9.17, 15) is 0 Å². The number of benzene rings is 1. The summed E-state index contributed by atoms with van der Waals surface area (Å²) in [5.41, 5.74) is 9.91. The van der Waals surface area contributed by atoms with E-state index < -0.39 is 0 Å². The van der Waals surface area contributed by atoms with Crippen LogP contribution < -0.4 is 20.5 Å². The molecule has 0 atom stereocenters. The lowest BCUT2D eigenvalue weighted by atomic mass is 10.2. The molecule has 2 heterocycles. The van der Waals surface area contributed by atoms with Crippen LogP contribution in [0.25, 0.3) is 5.65 Å². The lowest BCUT2D eigenvalue weighted by molar-refractivity contribution is 0.354. The van der Waals surface area contributed by atoms with Gasteiger partial charge in [0.25, 0.3) is 0 Å². The van der Waals surface area contributed by atoms with Crippen molar-refractivity contribution in [1.29, 1.82) is 0 Å². The number of guanidine groups is 1. The van der Waals surface area contributed by atoms with Crippen molar-refractivity contribution in [3.63, 3.8) is 0 Å². The van der Waals surface area contributed by atoms with Crippen molar-refractivity contribution in [3.05, 3.63) is 59.5 Å². The van der Waals surface area contributed by atoms with Gasteiger partial charge in [0.15, 0.2) is 17.5 Å². The highest BCUT2D eigenvalue weighted by Crippen LogP contribution is 2.27. The number of nitrogens with one attached hydrogen (secondary N) is 1. The van der Waals surface area contributed by atoms with Crippen LogP contribution in [0.3, 0.4) is 0 Å². The molecule has 3 rings (SSSR count). The molecule has 7 nitrogen and oxygen atoms in total. The largest absolute Gasteiger partial charge is 0.493 e. The molecule has 136 valence electrons. The van der Waals surface area contributed by atoms with Gasteiger partial charge in [-0.3, -0.25) is 0 Å². The van der Waals surface area contributed by atoms with Gasteiger partial charge in [-0.2, -0.15) is 0 Å². The molecule has 0 spiro atoms. The molecule has 0 aliphatic heterocycles. The molecule has 1 aromatic carbocycles. The molecule has 26 heavy (non-hydrogen) atoms. The van der Waals surface area contributed by atoms with Crippen LogP contribution in [0.1, 0.15) is 17.0 Å². The highest BCUT2D eigenvalue weighted by molar-refractivity contribution is 5.77. The lowest BCUT2D eigenvalue weighted by Crippen LogP contribution is -2.31. The summed E-state index contributed by atoms with van der Waals surface area (Å²) in [4.78, 5) is 8.93. The van der Waals surface area contributed by atoms with Gasteiger partial charge >= 0.3 is 0 Å². The van der Waals surface area contributed by atoms with Crippen molar-refractivity contribution >= 4 is 11.6 Å². The Morgan fingerprint density at radius 1 is 1.19 bits per heavy atom. The van der Waals surface area contributed by atoms with E-state index in [1.54, 1.807) is 14.2 Å². The van der Waals surface area contributed by atoms with E-state index in [4.69, 9.17) is 15.2 Å². The number of rotatable bonds is 6. The van der Waals surface area contributed by atoms with Gasteiger partial charge in [-0.25, -0.2) is 9.98 Å². The highest BCUT2D eigenvalue weighted by Gasteiger charge is 2.05. The lowest BCUT2D eigenvalue weighted by Gasteiger charge is -2.09. The first kappa shape index (κ1) is 17.6. The normalized spacial score (nSPS) is 11.6. The van der Waals surface area contributed by atoms with Crippen molar-refractivity contribution < 1.29 is 9.47 Å². The molecular formula is C19H23N5O2. The molecule has 2 aromatic heterocycles. The second-order valence-electron chi connectivity index (χ2n) is 5.87. The number of imidazole rings is 1. The molecule has 0 saturated heterocycles. The fraction of sp³-hybridized carbons (Fsp3) is 0.263. The van der Waals surface area contributed by atoms with Crippen LogP contribution in [0.2, 0.25) is 0 Å². The number of aliphatic imine (C=N–C) groups is 1. The van der Waals surface area contributed by atoms with E-state index in [1.807, 2.05) is 53.9 Å². The van der Waals surface area contributed by atoms with Gasteiger partial charge in [0.2, 0.25) is 0 Å². The first-order chi connectivity index (χ1) is 12.6. The minimum atomic E-state index is 0.369. The number of fused-ring (bicyclic) bond motifs is 1. The van der Waals surface area contributed by atoms with Gasteiger partial charge in [0.05, 0.1) is 33.0 Å². The summed E-state index contributed by atoms with van der Waals surface area (Å²) >= 11 is 0. The summed E-state index contributed by atoms with van der Waals surface area (Å²) in [6, 6.07) is 11.7. The Bertz CT molecular complexity index is 933. The second-order valence-corrected chi connectivity index (χ2v) is 5.87. The predicted molar refractivity (Wildman–Crippen MR) is 102 cm³/mol. The Hall–Kier alpha value is -3.22. The van der Waals surface area contributed by atoms with E-state index in [0.717, 1.165) is 22.6 Å². The Labute approximate surface area is 152 Å². The van der Waals surface area contributed by atoms with Crippen molar-refractivity contribution in [3.8, 4) is 11.5 Å². The van der Waals surface area contributed by atoms with Crippen LogP contribution >= 0.6 is 0 Å². The Balaban J connectivity index is 1.62. The third-order valence-electron chi connectivity index (χ3n) is 4.08. The SMILES string of the molecule is COc1ccc(CN=C(N)NCc2cn3c(C)cccc3n2)cc1OC. The molecule has 3 aromatic rings. The monoisotopic (exact) mass is 353 g/mol. The molecule has 0 saturated carbocycles. The number of aryl methyl sites for hydroxylation is 1. The van der Waals surface area contributed by atoms with Crippen LogP contribution in [-0.2, 0) is 13.1 Å². The molecule has 0 aliphatic carbocycles. The van der Waals surface area contributed by atoms with Crippen molar-refractivity contribution in [2.24, 2.45) is 10.7 Å². The number of hydrogen-bond acceptors (Lipinski definition) is 4. The van der Waals surface area contributed by atoms with Gasteiger partial charge in [-0.15, -0.1) is 0 Å². The van der Waals surface area contributed by atoms with E-state index in [2.05, 4.69) is 15.3 Å². The Morgan fingerprint density at radius 3 is 2.73 bits per heavy atom. The van der Waals surface area contributed by atoms with Crippen LogP contribution in [-0.4, -0.2) is 29.6 Å². The predicted octanol–water partition coefficient (Wildman–Crippen LogP) is 2.26. The fourth-order valence-electron chi connectivity index (χ4n) is 2.68. The molecule has 0 fully saturated rings. The van der Waals surface area contributed by atoms with Crippen molar-refractivity contribution in [2.75, 3.05) is 14.2 Å². The third-order valence-corrected chi connectivity index (χ3v) is 4.08. The number of nitrogens with two attached hydrogens (primary N) is 1. The number of ether oxygens (including phenoxy) is 2. The van der Waals surface area contributed by atoms with Crippen LogP contribution in [0.5, 0.6) is 11.5 Å². The number of pyridine rings is 1. The zero-order chi connectivity index (χ0) is 18.5. The first-order valence-corrected chi connectivity index (χ1v) is 8.29. The Kier molecular flexibility index (Phi) is 5.26. The minimum absolute atomic E-state index is 0.369. The summed E-state index contributed by atoms with van der Waals surface area (Å²) in [6.07, 6.45) is 2.00. The third kappa shape index (κ3) is 3.88. The summed E-state index contributed by atoms with van der Waals surface area (Å²) in [5, 5.41) is 3.10. The summed E-state index contributed by atoms with van der Waals surface area (Å²) in [7, 11) is 3.22. The summed E-state index contributed by atoms with van der Waals surface area (Å²) < 4.78 is 12.6. The van der Waals surface area contributed by atoms with Crippen LogP contribution in [0, 0.1) is 6.92 Å². The maximum atomic E-state index is 5.97. The van der Waals surface area contributed by atoms with Crippen LogP contribution in [0.4, 0.5) is 0 Å². The number of hydrogen-bond donors (Lipinski definition) is 2. The zero-order valence-electron chi connectivity index (χ0n) is 15.2. The second kappa shape index (κ2) is 7.77. The smallest absolute Gasteiger partial charge is 0.189 e. The van der Waals surface area contributed by atoms with E-state index in [0.29, 0.717) is 30.5 Å². The van der Waals surface area contributed by atoms with Gasteiger partial charge in [-0.05, 0) is 36.8 Å². The van der Waals surface area contributed by atoms with Crippen molar-refractivity contribution in [2.45, 2.75) is 20.0 Å². The molecule has 0 bridgehead atoms. The van der Waals surface area contributed by atoms with E-state index >= 15 is 0 Å². The first-order valence-electron chi connectivity index (χ1n) is 8.29. The van der Waals surface area contributed by atoms with Gasteiger partial charge in [-0.1, -0.05) is 12.1 Å². The topological polar surface area (TPSA) is 86.2 Å². The standard InChI is InChI=1S/C19H23N5O2/c1-13-5-4-6-18-23-15(12-24(13)18)11-22-19(20)21-10-14-7-8-16(25-2)17(9-14)26-3/h4-9,12H,10-11H2,1-3H3,(H3,20,21,22). The van der Waals surface area contributed by atoms with Gasteiger partial charge in [0, 0.05) is 11.9 Å². The quantitative estimate of drug-likeness (QED) is 0.524. The molecule has 7 heteroatoms. The van der Waals surface area contributed by atoms with E-state index in [-0.39, 0.29) is 0 Å². The number of methoxy groups -OCH3 is 2. The number of aromatic nitrogens is 2. The molecule has 0 radical (unpaired) electrons. The Morgan fingerprint density at radius 2 is 2.00 bits per heavy atom. The molecular weight excluding hydrogens is 330 g/mol. The van der Waals surface area contributed by atoms with Crippen LogP contribution in [0.15, 0.2) is 47.6 Å². The minimum Gasteiger partial charge on any atom is -0.493 e. The molecule has 0 aliphatic rings. The fourth-order valence-corrected chi connectivity index (χ4v) is 2.68. The van der Waals surface area contributed by atoms with Gasteiger partial charge < -0.3 is 24.9 Å². The van der Waals surface area contributed by atoms with E-state index in [1.165, 1.54) is 0 Å². The summed E-state index contributed by atoms with van der Waals surface area (Å²) in [6.45, 7) is 3.01. The van der Waals surface area contributed by atoms with Gasteiger partial charge in [0.1, 0.15) is 5.65 Å². The maximum absolute atomic E-state index is 5.97. The summed E-state index contributed by atoms with van der Waals surface area (Å²) in [5.74, 6) is 1.73. The average molecular weight is 353 g/mol. The molecule has 0 unspecified atom stereocenters. The number of nitrogens with zero attached hydrogens (tertiary/aromatic N) is 3. The highest BCUT2D eigenvalue weighted by atomic mass is 16.5. The zero-order valence-corrected chi connectivity index (χ0v) is 15.2. The molecule has 0 amide bonds. The maximum Gasteiger partial charge on any atom is 0.189 e. The van der Waals surface area contributed by atoms with Crippen molar-refractivity contribution in [1.82, 2.24) is 14.7 Å². The average Bonchev–Trinajstić information content (AvgIpc) is 3.09.